The van der Waals surface area contributed by atoms with E-state index >= 15 is 0 Å². The molecule has 1 N–H and O–H groups in total. The van der Waals surface area contributed by atoms with Crippen molar-refractivity contribution in [2.75, 3.05) is 13.2 Å². The minimum Gasteiger partial charge on any atom is -0.491 e. The van der Waals surface area contributed by atoms with Crippen molar-refractivity contribution in [1.29, 1.82) is 0 Å². The van der Waals surface area contributed by atoms with Gasteiger partial charge in [-0.3, -0.25) is 9.88 Å². The van der Waals surface area contributed by atoms with Gasteiger partial charge in [0.2, 0.25) is 0 Å². The second-order valence-electron chi connectivity index (χ2n) is 7.47. The minimum absolute atomic E-state index is 0.0653. The number of benzene rings is 2. The molecule has 0 spiro atoms. The summed E-state index contributed by atoms with van der Waals surface area (Å²) in [5, 5.41) is 11.2. The lowest BCUT2D eigenvalue weighted by Crippen LogP contribution is -2.37. The number of nitrogens with zero attached hydrogens (tertiary/aromatic N) is 2. The van der Waals surface area contributed by atoms with Crippen molar-refractivity contribution in [2.45, 2.75) is 31.8 Å². The molecule has 8 heteroatoms. The lowest BCUT2D eigenvalue weighted by molar-refractivity contribution is -0.137. The second-order valence-corrected chi connectivity index (χ2v) is 7.88. The third-order valence-electron chi connectivity index (χ3n) is 5.12. The number of hydrogen-bond donors (Lipinski definition) is 1. The molecule has 2 unspecified atom stereocenters. The number of ether oxygens (including phenoxy) is 1. The first-order valence-electron chi connectivity index (χ1n) is 10.1. The Kier molecular flexibility index (Phi) is 8.12. The van der Waals surface area contributed by atoms with Gasteiger partial charge in [0.05, 0.1) is 5.56 Å². The molecule has 32 heavy (non-hydrogen) atoms. The van der Waals surface area contributed by atoms with Gasteiger partial charge in [-0.05, 0) is 54.4 Å². The van der Waals surface area contributed by atoms with Crippen LogP contribution in [0, 0.1) is 0 Å². The fraction of sp³-hybridized carbons (Fsp3) is 0.292. The summed E-state index contributed by atoms with van der Waals surface area (Å²) in [7, 11) is 0. The van der Waals surface area contributed by atoms with Gasteiger partial charge < -0.3 is 9.84 Å². The zero-order valence-electron chi connectivity index (χ0n) is 17.5. The maximum Gasteiger partial charge on any atom is 0.416 e. The highest BCUT2D eigenvalue weighted by atomic mass is 35.5. The molecule has 0 amide bonds. The van der Waals surface area contributed by atoms with Crippen LogP contribution >= 0.6 is 11.6 Å². The van der Waals surface area contributed by atoms with Crippen LogP contribution in [-0.4, -0.2) is 34.2 Å². The van der Waals surface area contributed by atoms with Crippen molar-refractivity contribution in [1.82, 2.24) is 9.88 Å². The summed E-state index contributed by atoms with van der Waals surface area (Å²) in [5.74, 6) is 0.259. The van der Waals surface area contributed by atoms with Crippen LogP contribution in [0.15, 0.2) is 73.1 Å². The molecule has 0 aliphatic carbocycles. The van der Waals surface area contributed by atoms with E-state index in [0.29, 0.717) is 11.6 Å². The number of halogens is 4. The minimum atomic E-state index is -4.40. The van der Waals surface area contributed by atoms with Gasteiger partial charge in [0.15, 0.2) is 0 Å². The molecule has 2 aromatic carbocycles. The summed E-state index contributed by atoms with van der Waals surface area (Å²) < 4.78 is 43.6. The third-order valence-corrected chi connectivity index (χ3v) is 5.48. The summed E-state index contributed by atoms with van der Waals surface area (Å²) in [6.45, 7) is 2.70. The van der Waals surface area contributed by atoms with Gasteiger partial charge in [0.1, 0.15) is 18.5 Å². The van der Waals surface area contributed by atoms with Gasteiger partial charge in [-0.1, -0.05) is 35.9 Å². The van der Waals surface area contributed by atoms with Crippen LogP contribution in [-0.2, 0) is 12.7 Å². The number of aromatic nitrogens is 1. The summed E-state index contributed by atoms with van der Waals surface area (Å²) in [6.07, 6.45) is -1.81. The molecular formula is C24H24ClF3N2O2. The van der Waals surface area contributed by atoms with Crippen molar-refractivity contribution in [2.24, 2.45) is 0 Å². The topological polar surface area (TPSA) is 45.6 Å². The Morgan fingerprint density at radius 2 is 1.78 bits per heavy atom. The lowest BCUT2D eigenvalue weighted by atomic mass is 10.1. The highest BCUT2D eigenvalue weighted by molar-refractivity contribution is 6.31. The molecule has 4 nitrogen and oxygen atoms in total. The van der Waals surface area contributed by atoms with Gasteiger partial charge >= 0.3 is 6.18 Å². The SMILES string of the molecule is CC(c1cccnc1)N(Cc1ccccc1Cl)CC(O)COc1ccc(C(F)(F)F)cc1. The molecule has 0 aliphatic heterocycles. The average molecular weight is 465 g/mol. The van der Waals surface area contributed by atoms with Gasteiger partial charge in [0.25, 0.3) is 0 Å². The second kappa shape index (κ2) is 10.8. The predicted octanol–water partition coefficient (Wildman–Crippen LogP) is 5.76. The molecule has 170 valence electrons. The summed E-state index contributed by atoms with van der Waals surface area (Å²) in [5.41, 5.74) is 1.15. The fourth-order valence-electron chi connectivity index (χ4n) is 3.29. The van der Waals surface area contributed by atoms with Crippen molar-refractivity contribution in [3.8, 4) is 5.75 Å². The first-order valence-corrected chi connectivity index (χ1v) is 10.5. The van der Waals surface area contributed by atoms with Crippen LogP contribution < -0.4 is 4.74 Å². The Morgan fingerprint density at radius 1 is 1.06 bits per heavy atom. The van der Waals surface area contributed by atoms with E-state index in [4.69, 9.17) is 16.3 Å². The third kappa shape index (κ3) is 6.69. The molecule has 0 saturated heterocycles. The molecule has 2 atom stereocenters. The van der Waals surface area contributed by atoms with Crippen LogP contribution in [0.5, 0.6) is 5.75 Å². The molecule has 0 aliphatic rings. The number of rotatable bonds is 9. The normalized spacial score (nSPS) is 13.7. The average Bonchev–Trinajstić information content (AvgIpc) is 2.78. The molecule has 0 bridgehead atoms. The molecule has 1 heterocycles. The molecule has 3 rings (SSSR count). The summed E-state index contributed by atoms with van der Waals surface area (Å²) >= 11 is 6.34. The lowest BCUT2D eigenvalue weighted by Gasteiger charge is -2.31. The maximum absolute atomic E-state index is 12.7. The van der Waals surface area contributed by atoms with E-state index in [0.717, 1.165) is 23.3 Å². The Morgan fingerprint density at radius 3 is 2.41 bits per heavy atom. The van der Waals surface area contributed by atoms with Crippen molar-refractivity contribution in [3.05, 3.63) is 94.8 Å². The van der Waals surface area contributed by atoms with Crippen LogP contribution in [0.1, 0.15) is 29.7 Å². The predicted molar refractivity (Wildman–Crippen MR) is 117 cm³/mol. The van der Waals surface area contributed by atoms with Gasteiger partial charge in [-0.2, -0.15) is 13.2 Å². The monoisotopic (exact) mass is 464 g/mol. The Hall–Kier alpha value is -2.61. The number of hydrogen-bond acceptors (Lipinski definition) is 4. The molecular weight excluding hydrogens is 441 g/mol. The summed E-state index contributed by atoms with van der Waals surface area (Å²) in [4.78, 5) is 6.23. The van der Waals surface area contributed by atoms with Crippen LogP contribution in [0.2, 0.25) is 5.02 Å². The van der Waals surface area contributed by atoms with E-state index in [1.807, 2.05) is 43.3 Å². The number of aliphatic hydroxyl groups excluding tert-OH is 1. The van der Waals surface area contributed by atoms with E-state index < -0.39 is 17.8 Å². The Labute approximate surface area is 190 Å². The Bertz CT molecular complexity index is 985. The summed E-state index contributed by atoms with van der Waals surface area (Å²) in [6, 6.07) is 15.6. The van der Waals surface area contributed by atoms with E-state index in [1.54, 1.807) is 12.4 Å². The first kappa shape index (κ1) is 24.0. The van der Waals surface area contributed by atoms with Gasteiger partial charge in [0, 0.05) is 36.5 Å². The largest absolute Gasteiger partial charge is 0.491 e. The van der Waals surface area contributed by atoms with Gasteiger partial charge in [-0.25, -0.2) is 0 Å². The zero-order chi connectivity index (χ0) is 23.1. The maximum atomic E-state index is 12.7. The number of alkyl halides is 3. The molecule has 1 aromatic heterocycles. The standard InChI is InChI=1S/C24H24ClF3N2O2/c1-17(18-6-4-12-29-13-18)30(14-19-5-2-3-7-23(19)25)15-21(31)16-32-22-10-8-20(9-11-22)24(26,27)28/h2-13,17,21,31H,14-16H2,1H3. The van der Waals surface area contributed by atoms with Gasteiger partial charge in [-0.15, -0.1) is 0 Å². The number of aliphatic hydroxyl groups is 1. The van der Waals surface area contributed by atoms with Crippen molar-refractivity contribution >= 4 is 11.6 Å². The molecule has 0 fully saturated rings. The van der Waals surface area contributed by atoms with E-state index in [2.05, 4.69) is 9.88 Å². The van der Waals surface area contributed by atoms with Crippen LogP contribution in [0.25, 0.3) is 0 Å². The molecule has 3 aromatic rings. The first-order chi connectivity index (χ1) is 15.2. The highest BCUT2D eigenvalue weighted by Crippen LogP contribution is 2.30. The van der Waals surface area contributed by atoms with Crippen molar-refractivity contribution in [3.63, 3.8) is 0 Å². The fourth-order valence-corrected chi connectivity index (χ4v) is 3.49. The van der Waals surface area contributed by atoms with Crippen LogP contribution in [0.3, 0.4) is 0 Å². The van der Waals surface area contributed by atoms with Crippen LogP contribution in [0.4, 0.5) is 13.2 Å². The van der Waals surface area contributed by atoms with E-state index in [9.17, 15) is 18.3 Å². The highest BCUT2D eigenvalue weighted by Gasteiger charge is 2.30. The number of pyridine rings is 1. The van der Waals surface area contributed by atoms with E-state index in [-0.39, 0.29) is 24.9 Å². The Balaban J connectivity index is 1.67. The molecule has 0 saturated carbocycles. The smallest absolute Gasteiger partial charge is 0.416 e. The quantitative estimate of drug-likeness (QED) is 0.437. The molecule has 0 radical (unpaired) electrons. The zero-order valence-corrected chi connectivity index (χ0v) is 18.2. The van der Waals surface area contributed by atoms with E-state index in [1.165, 1.54) is 12.1 Å². The van der Waals surface area contributed by atoms with Crippen molar-refractivity contribution < 1.29 is 23.0 Å².